The number of hydrogen-bond donors (Lipinski definition) is 0. The molecule has 0 fully saturated rings. The summed E-state index contributed by atoms with van der Waals surface area (Å²) < 4.78 is 0. The molecule has 90 valence electrons. The standard InChI is InChI=1S/C16H26/c1-5-12-16(4)14-11-9-7-6-8-10-13-15(2)3/h10-14H,2,5-9H2,1,3-4H3/b13-10+,14-11+,16-12+. The molecular weight excluding hydrogens is 192 g/mol. The van der Waals surface area contributed by atoms with Gasteiger partial charge in [-0.05, 0) is 46.0 Å². The van der Waals surface area contributed by atoms with E-state index in [1.165, 1.54) is 31.3 Å². The zero-order valence-corrected chi connectivity index (χ0v) is 11.1. The van der Waals surface area contributed by atoms with E-state index in [9.17, 15) is 0 Å². The molecule has 0 aliphatic carbocycles. The molecule has 0 atom stereocenters. The Bertz CT molecular complexity index is 264. The normalized spacial score (nSPS) is 12.8. The van der Waals surface area contributed by atoms with Crippen LogP contribution < -0.4 is 0 Å². The quantitative estimate of drug-likeness (QED) is 0.368. The summed E-state index contributed by atoms with van der Waals surface area (Å²) in [6.45, 7) is 10.2. The van der Waals surface area contributed by atoms with Crippen LogP contribution in [0, 0.1) is 0 Å². The summed E-state index contributed by atoms with van der Waals surface area (Å²) in [6, 6.07) is 0. The molecule has 16 heavy (non-hydrogen) atoms. The lowest BCUT2D eigenvalue weighted by atomic mass is 10.1. The fraction of sp³-hybridized carbons (Fsp3) is 0.500. The van der Waals surface area contributed by atoms with Crippen molar-refractivity contribution in [1.82, 2.24) is 0 Å². The molecule has 0 rings (SSSR count). The molecule has 0 aromatic rings. The van der Waals surface area contributed by atoms with Crippen molar-refractivity contribution in [2.75, 3.05) is 0 Å². The van der Waals surface area contributed by atoms with Gasteiger partial charge >= 0.3 is 0 Å². The van der Waals surface area contributed by atoms with E-state index < -0.39 is 0 Å². The summed E-state index contributed by atoms with van der Waals surface area (Å²) in [5.74, 6) is 0. The molecule has 0 heteroatoms. The molecule has 0 unspecified atom stereocenters. The summed E-state index contributed by atoms with van der Waals surface area (Å²) in [5, 5.41) is 0. The van der Waals surface area contributed by atoms with E-state index in [1.807, 2.05) is 6.92 Å². The van der Waals surface area contributed by atoms with E-state index in [-0.39, 0.29) is 0 Å². The van der Waals surface area contributed by atoms with E-state index in [0.717, 1.165) is 12.0 Å². The second-order valence-corrected chi connectivity index (χ2v) is 4.29. The third-order valence-electron chi connectivity index (χ3n) is 2.30. The lowest BCUT2D eigenvalue weighted by molar-refractivity contribution is 0.761. The van der Waals surface area contributed by atoms with Crippen molar-refractivity contribution in [2.24, 2.45) is 0 Å². The van der Waals surface area contributed by atoms with Crippen molar-refractivity contribution in [1.29, 1.82) is 0 Å². The zero-order chi connectivity index (χ0) is 12.2. The van der Waals surface area contributed by atoms with Crippen LogP contribution in [0.4, 0.5) is 0 Å². The molecule has 0 saturated carbocycles. The van der Waals surface area contributed by atoms with Gasteiger partial charge in [0.1, 0.15) is 0 Å². The Hall–Kier alpha value is -1.04. The Balaban J connectivity index is 3.47. The molecular formula is C16H26. The van der Waals surface area contributed by atoms with Gasteiger partial charge in [-0.1, -0.05) is 55.0 Å². The highest BCUT2D eigenvalue weighted by atomic mass is 13.9. The highest BCUT2D eigenvalue weighted by Crippen LogP contribution is 2.05. The predicted molar refractivity (Wildman–Crippen MR) is 75.6 cm³/mol. The Morgan fingerprint density at radius 3 is 2.06 bits per heavy atom. The third kappa shape index (κ3) is 11.0. The fourth-order valence-corrected chi connectivity index (χ4v) is 1.47. The van der Waals surface area contributed by atoms with Crippen LogP contribution >= 0.6 is 0 Å². The van der Waals surface area contributed by atoms with Gasteiger partial charge in [-0.3, -0.25) is 0 Å². The fourth-order valence-electron chi connectivity index (χ4n) is 1.47. The van der Waals surface area contributed by atoms with Crippen LogP contribution in [0.1, 0.15) is 52.9 Å². The van der Waals surface area contributed by atoms with Crippen LogP contribution in [-0.2, 0) is 0 Å². The summed E-state index contributed by atoms with van der Waals surface area (Å²) in [4.78, 5) is 0. The minimum absolute atomic E-state index is 1.13. The smallest absolute Gasteiger partial charge is 0.0347 e. The number of unbranched alkanes of at least 4 members (excludes halogenated alkanes) is 3. The highest BCUT2D eigenvalue weighted by Gasteiger charge is 1.84. The average Bonchev–Trinajstić information content (AvgIpc) is 2.22. The Kier molecular flexibility index (Phi) is 9.80. The third-order valence-corrected chi connectivity index (χ3v) is 2.30. The molecule has 0 bridgehead atoms. The SMILES string of the molecule is C=C(C)/C=C/CCCC/C=C/C(C)=C/CC. The van der Waals surface area contributed by atoms with Crippen LogP contribution in [-0.4, -0.2) is 0 Å². The number of rotatable bonds is 8. The Labute approximate surface area is 101 Å². The molecule has 0 N–H and O–H groups in total. The summed E-state index contributed by atoms with van der Waals surface area (Å²) >= 11 is 0. The largest absolute Gasteiger partial charge is 0.0961 e. The molecule has 0 radical (unpaired) electrons. The number of hydrogen-bond acceptors (Lipinski definition) is 0. The van der Waals surface area contributed by atoms with Gasteiger partial charge in [0.05, 0.1) is 0 Å². The predicted octanol–water partition coefficient (Wildman–Crippen LogP) is 5.59. The van der Waals surface area contributed by atoms with Crippen molar-refractivity contribution < 1.29 is 0 Å². The lowest BCUT2D eigenvalue weighted by Gasteiger charge is -1.94. The molecule has 0 aromatic carbocycles. The molecule has 0 aromatic heterocycles. The molecule has 0 spiro atoms. The minimum Gasteiger partial charge on any atom is -0.0961 e. The molecule has 0 amide bonds. The van der Waals surface area contributed by atoms with Crippen molar-refractivity contribution in [2.45, 2.75) is 52.9 Å². The second-order valence-electron chi connectivity index (χ2n) is 4.29. The van der Waals surface area contributed by atoms with Crippen molar-refractivity contribution in [3.63, 3.8) is 0 Å². The molecule has 0 heterocycles. The van der Waals surface area contributed by atoms with E-state index in [0.29, 0.717) is 0 Å². The van der Waals surface area contributed by atoms with Gasteiger partial charge in [0.2, 0.25) is 0 Å². The van der Waals surface area contributed by atoms with Gasteiger partial charge in [-0.25, -0.2) is 0 Å². The van der Waals surface area contributed by atoms with E-state index in [2.05, 4.69) is 50.8 Å². The Morgan fingerprint density at radius 1 is 1.00 bits per heavy atom. The first-order valence-corrected chi connectivity index (χ1v) is 6.32. The van der Waals surface area contributed by atoms with E-state index in [4.69, 9.17) is 0 Å². The maximum atomic E-state index is 3.84. The summed E-state index contributed by atoms with van der Waals surface area (Å²) in [6.07, 6.45) is 17.1. The second kappa shape index (κ2) is 10.5. The van der Waals surface area contributed by atoms with Crippen LogP contribution in [0.2, 0.25) is 0 Å². The van der Waals surface area contributed by atoms with Crippen molar-refractivity contribution in [3.05, 3.63) is 48.1 Å². The average molecular weight is 218 g/mol. The van der Waals surface area contributed by atoms with Crippen molar-refractivity contribution >= 4 is 0 Å². The topological polar surface area (TPSA) is 0 Å². The van der Waals surface area contributed by atoms with Gasteiger partial charge in [0.25, 0.3) is 0 Å². The van der Waals surface area contributed by atoms with Gasteiger partial charge < -0.3 is 0 Å². The van der Waals surface area contributed by atoms with Crippen LogP contribution in [0.15, 0.2) is 48.1 Å². The van der Waals surface area contributed by atoms with Gasteiger partial charge in [-0.2, -0.15) is 0 Å². The highest BCUT2D eigenvalue weighted by molar-refractivity contribution is 5.15. The number of allylic oxidation sites excluding steroid dienone is 7. The summed E-state index contributed by atoms with van der Waals surface area (Å²) in [5.41, 5.74) is 2.52. The van der Waals surface area contributed by atoms with E-state index >= 15 is 0 Å². The maximum Gasteiger partial charge on any atom is -0.0347 e. The monoisotopic (exact) mass is 218 g/mol. The minimum atomic E-state index is 1.13. The molecule has 0 aliphatic heterocycles. The van der Waals surface area contributed by atoms with Crippen LogP contribution in [0.25, 0.3) is 0 Å². The maximum absolute atomic E-state index is 3.84. The lowest BCUT2D eigenvalue weighted by Crippen LogP contribution is -1.74. The first-order valence-electron chi connectivity index (χ1n) is 6.32. The van der Waals surface area contributed by atoms with Gasteiger partial charge in [0.15, 0.2) is 0 Å². The Morgan fingerprint density at radius 2 is 1.56 bits per heavy atom. The zero-order valence-electron chi connectivity index (χ0n) is 11.1. The first-order chi connectivity index (χ1) is 7.66. The molecule has 0 nitrogen and oxygen atoms in total. The van der Waals surface area contributed by atoms with Crippen molar-refractivity contribution in [3.8, 4) is 0 Å². The van der Waals surface area contributed by atoms with Gasteiger partial charge in [0, 0.05) is 0 Å². The van der Waals surface area contributed by atoms with Gasteiger partial charge in [-0.15, -0.1) is 0 Å². The molecule has 0 saturated heterocycles. The summed E-state index contributed by atoms with van der Waals surface area (Å²) in [7, 11) is 0. The van der Waals surface area contributed by atoms with Crippen LogP contribution in [0.5, 0.6) is 0 Å². The van der Waals surface area contributed by atoms with E-state index in [1.54, 1.807) is 0 Å². The molecule has 0 aliphatic rings. The first kappa shape index (κ1) is 15.0. The van der Waals surface area contributed by atoms with Crippen LogP contribution in [0.3, 0.4) is 0 Å².